The molecule has 5 nitrogen and oxygen atoms in total. The molecule has 0 heterocycles. The van der Waals surface area contributed by atoms with E-state index in [-0.39, 0.29) is 12.5 Å². The fourth-order valence-corrected chi connectivity index (χ4v) is 2.24. The standard InChI is InChI=1S/C18H27NO4/c1-3-4-5-9-12-16(18(21)22-2)19-17(20)14-23-13-15-10-7-6-8-11-15/h6-8,10-11,16H,3-5,9,12-14H2,1-2H3,(H,19,20)/t16-/m1/s1. The molecule has 0 aromatic heterocycles. The number of carbonyl (C=O) groups excluding carboxylic acids is 2. The van der Waals surface area contributed by atoms with Crippen LogP contribution in [0, 0.1) is 0 Å². The van der Waals surface area contributed by atoms with E-state index in [2.05, 4.69) is 12.2 Å². The zero-order valence-electron chi connectivity index (χ0n) is 14.0. The van der Waals surface area contributed by atoms with Gasteiger partial charge in [0.15, 0.2) is 0 Å². The SMILES string of the molecule is CCCCCC[C@@H](NC(=O)COCc1ccccc1)C(=O)OC. The minimum absolute atomic E-state index is 0.0721. The van der Waals surface area contributed by atoms with Gasteiger partial charge in [0, 0.05) is 0 Å². The highest BCUT2D eigenvalue weighted by atomic mass is 16.5. The number of nitrogens with one attached hydrogen (secondary N) is 1. The molecule has 1 atom stereocenters. The average molecular weight is 321 g/mol. The Labute approximate surface area is 138 Å². The Morgan fingerprint density at radius 1 is 1.13 bits per heavy atom. The Balaban J connectivity index is 2.32. The van der Waals surface area contributed by atoms with E-state index in [0.717, 1.165) is 31.2 Å². The summed E-state index contributed by atoms with van der Waals surface area (Å²) < 4.78 is 10.1. The van der Waals surface area contributed by atoms with Gasteiger partial charge < -0.3 is 14.8 Å². The zero-order chi connectivity index (χ0) is 16.9. The van der Waals surface area contributed by atoms with Gasteiger partial charge in [-0.15, -0.1) is 0 Å². The summed E-state index contributed by atoms with van der Waals surface area (Å²) in [5, 5.41) is 2.69. The van der Waals surface area contributed by atoms with Gasteiger partial charge in [0.1, 0.15) is 12.6 Å². The molecule has 5 heteroatoms. The number of benzene rings is 1. The second kappa shape index (κ2) is 11.7. The number of hydrogen-bond acceptors (Lipinski definition) is 4. The van der Waals surface area contributed by atoms with Crippen LogP contribution in [-0.4, -0.2) is 31.6 Å². The molecule has 0 aliphatic carbocycles. The van der Waals surface area contributed by atoms with Gasteiger partial charge in [0.2, 0.25) is 5.91 Å². The van der Waals surface area contributed by atoms with Gasteiger partial charge in [-0.25, -0.2) is 4.79 Å². The van der Waals surface area contributed by atoms with Crippen molar-refractivity contribution in [2.75, 3.05) is 13.7 Å². The third kappa shape index (κ3) is 8.35. The molecule has 0 saturated carbocycles. The van der Waals surface area contributed by atoms with Gasteiger partial charge in [-0.1, -0.05) is 62.9 Å². The smallest absolute Gasteiger partial charge is 0.328 e. The lowest BCUT2D eigenvalue weighted by atomic mass is 10.1. The van der Waals surface area contributed by atoms with E-state index in [1.54, 1.807) is 0 Å². The van der Waals surface area contributed by atoms with Crippen LogP contribution in [0.25, 0.3) is 0 Å². The number of rotatable bonds is 11. The van der Waals surface area contributed by atoms with Crippen molar-refractivity contribution in [2.24, 2.45) is 0 Å². The molecule has 0 radical (unpaired) electrons. The molecular formula is C18H27NO4. The highest BCUT2D eigenvalue weighted by Gasteiger charge is 2.20. The highest BCUT2D eigenvalue weighted by molar-refractivity contribution is 5.84. The summed E-state index contributed by atoms with van der Waals surface area (Å²) in [5.41, 5.74) is 1.00. The number of unbranched alkanes of at least 4 members (excludes halogenated alkanes) is 3. The molecule has 0 fully saturated rings. The van der Waals surface area contributed by atoms with E-state index in [1.807, 2.05) is 30.3 Å². The average Bonchev–Trinajstić information content (AvgIpc) is 2.58. The van der Waals surface area contributed by atoms with Crippen molar-refractivity contribution in [3.05, 3.63) is 35.9 Å². The molecule has 0 aliphatic heterocycles. The Morgan fingerprint density at radius 3 is 2.52 bits per heavy atom. The highest BCUT2D eigenvalue weighted by Crippen LogP contribution is 2.07. The van der Waals surface area contributed by atoms with Crippen molar-refractivity contribution in [1.29, 1.82) is 0 Å². The van der Waals surface area contributed by atoms with Crippen molar-refractivity contribution >= 4 is 11.9 Å². The topological polar surface area (TPSA) is 64.6 Å². The Bertz CT molecular complexity index is 461. The molecule has 0 spiro atoms. The van der Waals surface area contributed by atoms with E-state index >= 15 is 0 Å². The van der Waals surface area contributed by atoms with E-state index in [0.29, 0.717) is 13.0 Å². The number of ether oxygens (including phenoxy) is 2. The number of amides is 1. The van der Waals surface area contributed by atoms with Crippen LogP contribution in [0.4, 0.5) is 0 Å². The molecule has 0 saturated heterocycles. The Kier molecular flexibility index (Phi) is 9.71. The zero-order valence-corrected chi connectivity index (χ0v) is 14.0. The monoisotopic (exact) mass is 321 g/mol. The van der Waals surface area contributed by atoms with Gasteiger partial charge in [-0.3, -0.25) is 4.79 Å². The van der Waals surface area contributed by atoms with Crippen molar-refractivity contribution in [2.45, 2.75) is 51.7 Å². The second-order valence-electron chi connectivity index (χ2n) is 5.47. The number of carbonyl (C=O) groups is 2. The second-order valence-corrected chi connectivity index (χ2v) is 5.47. The van der Waals surface area contributed by atoms with Crippen LogP contribution in [0.5, 0.6) is 0 Å². The summed E-state index contributed by atoms with van der Waals surface area (Å²) in [6.07, 6.45) is 4.78. The normalized spacial score (nSPS) is 11.7. The number of methoxy groups -OCH3 is 1. The van der Waals surface area contributed by atoms with Gasteiger partial charge in [-0.2, -0.15) is 0 Å². The largest absolute Gasteiger partial charge is 0.467 e. The lowest BCUT2D eigenvalue weighted by molar-refractivity contribution is -0.146. The fraction of sp³-hybridized carbons (Fsp3) is 0.556. The van der Waals surface area contributed by atoms with E-state index in [1.165, 1.54) is 7.11 Å². The first-order chi connectivity index (χ1) is 11.2. The van der Waals surface area contributed by atoms with Crippen molar-refractivity contribution in [3.63, 3.8) is 0 Å². The van der Waals surface area contributed by atoms with Crippen LogP contribution in [0.3, 0.4) is 0 Å². The Morgan fingerprint density at radius 2 is 1.87 bits per heavy atom. The third-order valence-corrected chi connectivity index (χ3v) is 3.51. The number of hydrogen-bond donors (Lipinski definition) is 1. The van der Waals surface area contributed by atoms with Crippen LogP contribution in [-0.2, 0) is 25.7 Å². The van der Waals surface area contributed by atoms with Crippen LogP contribution >= 0.6 is 0 Å². The minimum atomic E-state index is -0.593. The molecule has 1 N–H and O–H groups in total. The van der Waals surface area contributed by atoms with Crippen LogP contribution < -0.4 is 5.32 Å². The van der Waals surface area contributed by atoms with Crippen LogP contribution in [0.2, 0.25) is 0 Å². The van der Waals surface area contributed by atoms with E-state index < -0.39 is 12.0 Å². The summed E-state index contributed by atoms with van der Waals surface area (Å²) in [7, 11) is 1.33. The summed E-state index contributed by atoms with van der Waals surface area (Å²) in [6, 6.07) is 9.04. The summed E-state index contributed by atoms with van der Waals surface area (Å²) in [4.78, 5) is 23.6. The first kappa shape index (κ1) is 19.2. The molecule has 0 unspecified atom stereocenters. The maximum Gasteiger partial charge on any atom is 0.328 e. The number of esters is 1. The molecular weight excluding hydrogens is 294 g/mol. The van der Waals surface area contributed by atoms with Crippen molar-refractivity contribution in [3.8, 4) is 0 Å². The van der Waals surface area contributed by atoms with Gasteiger partial charge in [0.25, 0.3) is 0 Å². The molecule has 1 rings (SSSR count). The summed E-state index contributed by atoms with van der Waals surface area (Å²) in [6.45, 7) is 2.43. The predicted molar refractivity (Wildman–Crippen MR) is 88.8 cm³/mol. The fourth-order valence-electron chi connectivity index (χ4n) is 2.24. The molecule has 1 aromatic rings. The van der Waals surface area contributed by atoms with Crippen molar-refractivity contribution in [1.82, 2.24) is 5.32 Å². The predicted octanol–water partition coefficient (Wildman–Crippen LogP) is 2.83. The van der Waals surface area contributed by atoms with E-state index in [9.17, 15) is 9.59 Å². The molecule has 1 amide bonds. The lowest BCUT2D eigenvalue weighted by Gasteiger charge is -2.16. The molecule has 0 bridgehead atoms. The van der Waals surface area contributed by atoms with Gasteiger partial charge in [0.05, 0.1) is 13.7 Å². The molecule has 1 aromatic carbocycles. The summed E-state index contributed by atoms with van der Waals surface area (Å²) >= 11 is 0. The van der Waals surface area contributed by atoms with Gasteiger partial charge in [-0.05, 0) is 12.0 Å². The van der Waals surface area contributed by atoms with E-state index in [4.69, 9.17) is 9.47 Å². The van der Waals surface area contributed by atoms with Crippen LogP contribution in [0.15, 0.2) is 30.3 Å². The first-order valence-corrected chi connectivity index (χ1v) is 8.16. The quantitative estimate of drug-likeness (QED) is 0.503. The molecule has 23 heavy (non-hydrogen) atoms. The third-order valence-electron chi connectivity index (χ3n) is 3.51. The van der Waals surface area contributed by atoms with Crippen LogP contribution in [0.1, 0.15) is 44.6 Å². The summed E-state index contributed by atoms with van der Waals surface area (Å²) in [5.74, 6) is -0.704. The minimum Gasteiger partial charge on any atom is -0.467 e. The first-order valence-electron chi connectivity index (χ1n) is 8.16. The van der Waals surface area contributed by atoms with Crippen molar-refractivity contribution < 1.29 is 19.1 Å². The molecule has 128 valence electrons. The Hall–Kier alpha value is -1.88. The molecule has 0 aliphatic rings. The maximum atomic E-state index is 11.9. The van der Waals surface area contributed by atoms with Gasteiger partial charge >= 0.3 is 5.97 Å². The maximum absolute atomic E-state index is 11.9. The lowest BCUT2D eigenvalue weighted by Crippen LogP contribution is -2.43.